The summed E-state index contributed by atoms with van der Waals surface area (Å²) in [7, 11) is 0. The molecule has 0 aliphatic carbocycles. The molecular weight excluding hydrogens is 330 g/mol. The van der Waals surface area contributed by atoms with E-state index in [4.69, 9.17) is 14.2 Å². The molecule has 0 bridgehead atoms. The van der Waals surface area contributed by atoms with E-state index < -0.39 is 35.4 Å². The van der Waals surface area contributed by atoms with Gasteiger partial charge in [-0.15, -0.1) is 0 Å². The minimum Gasteiger partial charge on any atom is -0.464 e. The molecule has 0 aromatic carbocycles. The molecule has 0 aromatic rings. The van der Waals surface area contributed by atoms with Gasteiger partial charge in [0.1, 0.15) is 23.5 Å². The molecule has 144 valence electrons. The van der Waals surface area contributed by atoms with Crippen molar-refractivity contribution >= 4 is 24.4 Å². The summed E-state index contributed by atoms with van der Waals surface area (Å²) in [6.45, 7) is 11.4. The first kappa shape index (κ1) is 22.9. The first-order valence-corrected chi connectivity index (χ1v) is 8.18. The van der Waals surface area contributed by atoms with Crippen LogP contribution in [0.4, 0.5) is 9.59 Å². The average Bonchev–Trinajstić information content (AvgIpc) is 2.39. The number of nitrogens with zero attached hydrogens (tertiary/aromatic N) is 1. The molecule has 2 amide bonds. The van der Waals surface area contributed by atoms with E-state index in [-0.39, 0.29) is 19.4 Å². The van der Waals surface area contributed by atoms with Gasteiger partial charge in [0.05, 0.1) is 6.61 Å². The molecule has 0 rings (SSSR count). The van der Waals surface area contributed by atoms with Crippen molar-refractivity contribution in [2.75, 3.05) is 6.61 Å². The molecule has 0 radical (unpaired) electrons. The van der Waals surface area contributed by atoms with Gasteiger partial charge in [0.2, 0.25) is 0 Å². The molecule has 0 unspecified atom stereocenters. The molecule has 1 atom stereocenters. The maximum Gasteiger partial charge on any atom is 0.420 e. The molecule has 0 N–H and O–H groups in total. The van der Waals surface area contributed by atoms with Gasteiger partial charge in [-0.1, -0.05) is 0 Å². The number of carbonyl (C=O) groups is 4. The van der Waals surface area contributed by atoms with Crippen molar-refractivity contribution in [3.05, 3.63) is 0 Å². The molecular formula is C17H29NO7. The predicted octanol–water partition coefficient (Wildman–Crippen LogP) is 3.07. The van der Waals surface area contributed by atoms with E-state index in [0.717, 1.165) is 0 Å². The molecule has 25 heavy (non-hydrogen) atoms. The first-order valence-electron chi connectivity index (χ1n) is 8.18. The van der Waals surface area contributed by atoms with E-state index in [9.17, 15) is 19.2 Å². The molecule has 0 fully saturated rings. The Balaban J connectivity index is 5.75. The lowest BCUT2D eigenvalue weighted by Gasteiger charge is -2.32. The average molecular weight is 359 g/mol. The SMILES string of the molecule is CCOC(=O)[C@H](CCC=O)N(C(=O)OC(C)(C)C)C(=O)OC(C)(C)C. The summed E-state index contributed by atoms with van der Waals surface area (Å²) in [5, 5.41) is 0. The maximum atomic E-state index is 12.5. The number of aldehydes is 1. The number of esters is 1. The number of carbonyl (C=O) groups excluding carboxylic acids is 4. The van der Waals surface area contributed by atoms with Crippen LogP contribution in [0.2, 0.25) is 0 Å². The molecule has 0 spiro atoms. The van der Waals surface area contributed by atoms with Gasteiger partial charge in [0, 0.05) is 6.42 Å². The lowest BCUT2D eigenvalue weighted by molar-refractivity contribution is -0.149. The highest BCUT2D eigenvalue weighted by atomic mass is 16.6. The lowest BCUT2D eigenvalue weighted by atomic mass is 10.1. The smallest absolute Gasteiger partial charge is 0.420 e. The van der Waals surface area contributed by atoms with Crippen LogP contribution in [-0.2, 0) is 23.8 Å². The summed E-state index contributed by atoms with van der Waals surface area (Å²) < 4.78 is 15.4. The van der Waals surface area contributed by atoms with Crippen LogP contribution in [0.1, 0.15) is 61.3 Å². The Kier molecular flexibility index (Phi) is 8.59. The Morgan fingerprint density at radius 2 is 1.40 bits per heavy atom. The predicted molar refractivity (Wildman–Crippen MR) is 90.0 cm³/mol. The van der Waals surface area contributed by atoms with Crippen molar-refractivity contribution < 1.29 is 33.4 Å². The van der Waals surface area contributed by atoms with Crippen LogP contribution in [0.25, 0.3) is 0 Å². The zero-order valence-electron chi connectivity index (χ0n) is 16.1. The Bertz CT molecular complexity index is 460. The Labute approximate surface area is 148 Å². The van der Waals surface area contributed by atoms with Crippen molar-refractivity contribution in [1.29, 1.82) is 0 Å². The Morgan fingerprint density at radius 1 is 0.960 bits per heavy atom. The summed E-state index contributed by atoms with van der Waals surface area (Å²) in [5.41, 5.74) is -1.78. The van der Waals surface area contributed by atoms with Crippen LogP contribution in [0.15, 0.2) is 0 Å². The van der Waals surface area contributed by atoms with Crippen molar-refractivity contribution in [1.82, 2.24) is 4.90 Å². The second kappa shape index (κ2) is 9.39. The zero-order valence-corrected chi connectivity index (χ0v) is 16.1. The van der Waals surface area contributed by atoms with E-state index in [1.807, 2.05) is 0 Å². The monoisotopic (exact) mass is 359 g/mol. The van der Waals surface area contributed by atoms with Gasteiger partial charge in [-0.2, -0.15) is 4.90 Å². The number of hydrogen-bond acceptors (Lipinski definition) is 7. The fourth-order valence-electron chi connectivity index (χ4n) is 1.77. The van der Waals surface area contributed by atoms with E-state index in [0.29, 0.717) is 11.2 Å². The standard InChI is InChI=1S/C17H29NO7/c1-8-23-13(20)12(10-9-11-19)18(14(21)24-16(2,3)4)15(22)25-17(5,6)7/h11-12H,8-10H2,1-7H3/t12-/m0/s1. The van der Waals surface area contributed by atoms with Gasteiger partial charge in [-0.3, -0.25) is 0 Å². The van der Waals surface area contributed by atoms with Gasteiger partial charge < -0.3 is 19.0 Å². The first-order chi connectivity index (χ1) is 11.3. The van der Waals surface area contributed by atoms with E-state index >= 15 is 0 Å². The van der Waals surface area contributed by atoms with Gasteiger partial charge >= 0.3 is 18.2 Å². The maximum absolute atomic E-state index is 12.5. The summed E-state index contributed by atoms with van der Waals surface area (Å²) in [6.07, 6.45) is -1.60. The van der Waals surface area contributed by atoms with Crippen molar-refractivity contribution in [3.8, 4) is 0 Å². The third-order valence-corrected chi connectivity index (χ3v) is 2.61. The number of rotatable bonds is 6. The van der Waals surface area contributed by atoms with Gasteiger partial charge in [0.15, 0.2) is 0 Å². The van der Waals surface area contributed by atoms with E-state index in [1.165, 1.54) is 0 Å². The number of hydrogen-bond donors (Lipinski definition) is 0. The molecule has 0 aromatic heterocycles. The van der Waals surface area contributed by atoms with Crippen LogP contribution in [0, 0.1) is 0 Å². The minimum atomic E-state index is -1.31. The molecule has 0 aliphatic rings. The molecule has 0 aliphatic heterocycles. The van der Waals surface area contributed by atoms with Crippen LogP contribution < -0.4 is 0 Å². The van der Waals surface area contributed by atoms with Crippen LogP contribution in [0.5, 0.6) is 0 Å². The minimum absolute atomic E-state index is 0.0361. The summed E-state index contributed by atoms with van der Waals surface area (Å²) >= 11 is 0. The summed E-state index contributed by atoms with van der Waals surface area (Å²) in [6, 6.07) is -1.31. The Morgan fingerprint density at radius 3 is 1.72 bits per heavy atom. The number of ether oxygens (including phenoxy) is 3. The number of amides is 2. The highest BCUT2D eigenvalue weighted by Crippen LogP contribution is 2.19. The normalized spacial score (nSPS) is 12.8. The van der Waals surface area contributed by atoms with E-state index in [1.54, 1.807) is 48.5 Å². The third-order valence-electron chi connectivity index (χ3n) is 2.61. The highest BCUT2D eigenvalue weighted by molar-refractivity contribution is 5.94. The van der Waals surface area contributed by atoms with Gasteiger partial charge in [0.25, 0.3) is 0 Å². The van der Waals surface area contributed by atoms with E-state index in [2.05, 4.69) is 0 Å². The summed E-state index contributed by atoms with van der Waals surface area (Å²) in [4.78, 5) is 48.5. The van der Waals surface area contributed by atoms with Crippen molar-refractivity contribution in [2.45, 2.75) is 78.6 Å². The quantitative estimate of drug-likeness (QED) is 0.408. The lowest BCUT2D eigenvalue weighted by Crippen LogP contribution is -2.52. The second-order valence-corrected chi connectivity index (χ2v) is 7.34. The molecule has 8 nitrogen and oxygen atoms in total. The van der Waals surface area contributed by atoms with Gasteiger partial charge in [-0.25, -0.2) is 14.4 Å². The van der Waals surface area contributed by atoms with Crippen LogP contribution in [0.3, 0.4) is 0 Å². The summed E-state index contributed by atoms with van der Waals surface area (Å²) in [5.74, 6) is -0.805. The molecule has 0 saturated heterocycles. The van der Waals surface area contributed by atoms with Crippen molar-refractivity contribution in [2.24, 2.45) is 0 Å². The highest BCUT2D eigenvalue weighted by Gasteiger charge is 2.40. The molecule has 0 saturated carbocycles. The fraction of sp³-hybridized carbons (Fsp3) is 0.765. The second-order valence-electron chi connectivity index (χ2n) is 7.34. The third kappa shape index (κ3) is 9.07. The number of imide groups is 1. The largest absolute Gasteiger partial charge is 0.464 e. The van der Waals surface area contributed by atoms with Gasteiger partial charge in [-0.05, 0) is 54.9 Å². The topological polar surface area (TPSA) is 99.2 Å². The van der Waals surface area contributed by atoms with Crippen molar-refractivity contribution in [3.63, 3.8) is 0 Å². The van der Waals surface area contributed by atoms with Crippen LogP contribution in [-0.4, -0.2) is 53.2 Å². The fourth-order valence-corrected chi connectivity index (χ4v) is 1.77. The zero-order chi connectivity index (χ0) is 19.8. The molecule has 8 heteroatoms. The Hall–Kier alpha value is -2.12. The molecule has 0 heterocycles. The van der Waals surface area contributed by atoms with Crippen LogP contribution >= 0.6 is 0 Å².